The van der Waals surface area contributed by atoms with Crippen molar-refractivity contribution in [3.8, 4) is 0 Å². The normalized spacial score (nSPS) is 28.4. The summed E-state index contributed by atoms with van der Waals surface area (Å²) in [6, 6.07) is 8.79. The van der Waals surface area contributed by atoms with E-state index in [1.807, 2.05) is 36.6 Å². The number of amides is 1. The molecule has 2 saturated carbocycles. The van der Waals surface area contributed by atoms with Crippen LogP contribution >= 0.6 is 11.8 Å². The van der Waals surface area contributed by atoms with Crippen molar-refractivity contribution in [2.45, 2.75) is 31.7 Å². The van der Waals surface area contributed by atoms with E-state index >= 15 is 0 Å². The number of thioether (sulfide) groups is 1. The van der Waals surface area contributed by atoms with Gasteiger partial charge in [0, 0.05) is 23.0 Å². The van der Waals surface area contributed by atoms with Crippen LogP contribution in [0, 0.1) is 23.7 Å². The zero-order valence-electron chi connectivity index (χ0n) is 16.9. The van der Waals surface area contributed by atoms with E-state index in [4.69, 9.17) is 4.74 Å². The van der Waals surface area contributed by atoms with Gasteiger partial charge < -0.3 is 10.1 Å². The van der Waals surface area contributed by atoms with Gasteiger partial charge >= 0.3 is 5.97 Å². The Kier molecular flexibility index (Phi) is 5.81. The molecule has 1 amide bonds. The van der Waals surface area contributed by atoms with E-state index in [0.717, 1.165) is 30.6 Å². The predicted octanol–water partition coefficient (Wildman–Crippen LogP) is 3.10. The number of nitrogens with one attached hydrogen (secondary N) is 1. The quantitative estimate of drug-likeness (QED) is 0.696. The van der Waals surface area contributed by atoms with Gasteiger partial charge in [-0.3, -0.25) is 9.59 Å². The summed E-state index contributed by atoms with van der Waals surface area (Å²) >= 11 is 1.62. The molecule has 0 aromatic heterocycles. The first-order valence-electron chi connectivity index (χ1n) is 10.3. The highest BCUT2D eigenvalue weighted by Crippen LogP contribution is 2.60. The molecule has 2 fully saturated rings. The van der Waals surface area contributed by atoms with Crippen LogP contribution in [0.5, 0.6) is 0 Å². The van der Waals surface area contributed by atoms with Crippen LogP contribution in [0.3, 0.4) is 0 Å². The number of Topliss-reactive ketones (excluding diaryl/α,β-unsaturated/α-hetero) is 1. The van der Waals surface area contributed by atoms with E-state index in [-0.39, 0.29) is 23.5 Å². The Hall–Kier alpha value is -2.08. The predicted molar refractivity (Wildman–Crippen MR) is 113 cm³/mol. The second-order valence-electron chi connectivity index (χ2n) is 8.23. The Morgan fingerprint density at radius 2 is 1.86 bits per heavy atom. The van der Waals surface area contributed by atoms with Gasteiger partial charge in [0.2, 0.25) is 5.91 Å². The molecule has 1 aromatic rings. The topological polar surface area (TPSA) is 72.5 Å². The number of carbonyl (C=O) groups excluding carboxylic acids is 3. The fourth-order valence-corrected chi connectivity index (χ4v) is 6.05. The SMILES string of the molecule is COC(=O)[C@H](CCSC)NC(=O)C1=C(c2ccccc2)C(=O)[C@@H]2[C@H]3CC[C@H](C3)[C@H]12. The summed E-state index contributed by atoms with van der Waals surface area (Å²) in [6.07, 6.45) is 5.65. The first-order valence-corrected chi connectivity index (χ1v) is 11.7. The van der Waals surface area contributed by atoms with Gasteiger partial charge in [-0.05, 0) is 55.1 Å². The minimum atomic E-state index is -0.697. The number of allylic oxidation sites excluding steroid dienone is 1. The maximum absolute atomic E-state index is 13.5. The summed E-state index contributed by atoms with van der Waals surface area (Å²) in [5, 5.41) is 2.90. The van der Waals surface area contributed by atoms with E-state index in [2.05, 4.69) is 5.32 Å². The molecule has 3 aliphatic rings. The van der Waals surface area contributed by atoms with Gasteiger partial charge in [0.1, 0.15) is 6.04 Å². The van der Waals surface area contributed by atoms with Crippen molar-refractivity contribution in [1.82, 2.24) is 5.32 Å². The number of hydrogen-bond acceptors (Lipinski definition) is 5. The van der Waals surface area contributed by atoms with Crippen molar-refractivity contribution < 1.29 is 19.1 Å². The number of carbonyl (C=O) groups is 3. The van der Waals surface area contributed by atoms with Crippen LogP contribution in [-0.4, -0.2) is 42.8 Å². The maximum atomic E-state index is 13.5. The third-order valence-electron chi connectivity index (χ3n) is 6.78. The van der Waals surface area contributed by atoms with Crippen molar-refractivity contribution in [3.05, 3.63) is 41.5 Å². The summed E-state index contributed by atoms with van der Waals surface area (Å²) < 4.78 is 4.90. The van der Waals surface area contributed by atoms with Gasteiger partial charge in [0.25, 0.3) is 0 Å². The lowest BCUT2D eigenvalue weighted by Gasteiger charge is -2.26. The largest absolute Gasteiger partial charge is 0.467 e. The fraction of sp³-hybridized carbons (Fsp3) is 0.522. The van der Waals surface area contributed by atoms with Crippen LogP contribution in [0.1, 0.15) is 31.2 Å². The standard InChI is InChI=1S/C23H27NO4S/c1-28-23(27)16(10-11-29-2)24-22(26)20-17-14-8-9-15(12-14)19(17)21(25)18(20)13-6-4-3-5-7-13/h3-7,14-17,19H,8-12H2,1-2H3,(H,24,26)/t14-,15+,16+,17+,19-/m1/s1. The minimum Gasteiger partial charge on any atom is -0.467 e. The Labute approximate surface area is 175 Å². The monoisotopic (exact) mass is 413 g/mol. The molecule has 154 valence electrons. The second kappa shape index (κ2) is 8.34. The highest BCUT2D eigenvalue weighted by molar-refractivity contribution is 7.98. The number of benzene rings is 1. The second-order valence-corrected chi connectivity index (χ2v) is 9.22. The van der Waals surface area contributed by atoms with Crippen LogP contribution < -0.4 is 5.32 Å². The smallest absolute Gasteiger partial charge is 0.328 e. The first-order chi connectivity index (χ1) is 14.1. The average molecular weight is 414 g/mol. The van der Waals surface area contributed by atoms with E-state index in [0.29, 0.717) is 29.4 Å². The Bertz CT molecular complexity index is 850. The number of esters is 1. The van der Waals surface area contributed by atoms with Gasteiger partial charge in [0.15, 0.2) is 5.78 Å². The molecule has 0 unspecified atom stereocenters. The summed E-state index contributed by atoms with van der Waals surface area (Å²) in [5.41, 5.74) is 1.95. The number of methoxy groups -OCH3 is 1. The van der Waals surface area contributed by atoms with Crippen molar-refractivity contribution in [1.29, 1.82) is 0 Å². The molecule has 5 atom stereocenters. The summed E-state index contributed by atoms with van der Waals surface area (Å²) in [4.78, 5) is 39.1. The molecule has 0 heterocycles. The molecule has 3 aliphatic carbocycles. The summed E-state index contributed by atoms with van der Waals surface area (Å²) in [7, 11) is 1.33. The minimum absolute atomic E-state index is 0.0182. The van der Waals surface area contributed by atoms with Crippen LogP contribution in [0.4, 0.5) is 0 Å². The third-order valence-corrected chi connectivity index (χ3v) is 7.42. The first kappa shape index (κ1) is 20.2. The van der Waals surface area contributed by atoms with Crippen molar-refractivity contribution >= 4 is 35.0 Å². The van der Waals surface area contributed by atoms with E-state index < -0.39 is 12.0 Å². The molecular weight excluding hydrogens is 386 g/mol. The van der Waals surface area contributed by atoms with Gasteiger partial charge in [-0.25, -0.2) is 4.79 Å². The molecule has 29 heavy (non-hydrogen) atoms. The van der Waals surface area contributed by atoms with Crippen LogP contribution in [0.25, 0.3) is 5.57 Å². The van der Waals surface area contributed by atoms with Crippen molar-refractivity contribution in [2.24, 2.45) is 23.7 Å². The van der Waals surface area contributed by atoms with E-state index in [1.54, 1.807) is 11.8 Å². The van der Waals surface area contributed by atoms with Gasteiger partial charge in [-0.1, -0.05) is 30.3 Å². The zero-order chi connectivity index (χ0) is 20.5. The lowest BCUT2D eigenvalue weighted by Crippen LogP contribution is -2.43. The van der Waals surface area contributed by atoms with Crippen molar-refractivity contribution in [3.63, 3.8) is 0 Å². The molecule has 2 bridgehead atoms. The lowest BCUT2D eigenvalue weighted by atomic mass is 9.78. The van der Waals surface area contributed by atoms with E-state index in [9.17, 15) is 14.4 Å². The highest BCUT2D eigenvalue weighted by Gasteiger charge is 2.58. The molecule has 0 saturated heterocycles. The highest BCUT2D eigenvalue weighted by atomic mass is 32.2. The number of fused-ring (bicyclic) bond motifs is 5. The average Bonchev–Trinajstić information content (AvgIpc) is 3.43. The number of rotatable bonds is 7. The Balaban J connectivity index is 1.70. The van der Waals surface area contributed by atoms with Gasteiger partial charge in [-0.2, -0.15) is 11.8 Å². The molecule has 1 N–H and O–H groups in total. The molecule has 6 heteroatoms. The van der Waals surface area contributed by atoms with Crippen LogP contribution in [0.15, 0.2) is 35.9 Å². The summed E-state index contributed by atoms with van der Waals surface area (Å²) in [6.45, 7) is 0. The Morgan fingerprint density at radius 1 is 1.17 bits per heavy atom. The molecule has 0 spiro atoms. The molecule has 0 aliphatic heterocycles. The summed E-state index contributed by atoms with van der Waals surface area (Å²) in [5.74, 6) is 0.797. The zero-order valence-corrected chi connectivity index (χ0v) is 17.7. The van der Waals surface area contributed by atoms with Crippen LogP contribution in [0.2, 0.25) is 0 Å². The molecule has 0 radical (unpaired) electrons. The van der Waals surface area contributed by atoms with Gasteiger partial charge in [-0.15, -0.1) is 0 Å². The van der Waals surface area contributed by atoms with E-state index in [1.165, 1.54) is 7.11 Å². The number of hydrogen-bond donors (Lipinski definition) is 1. The maximum Gasteiger partial charge on any atom is 0.328 e. The molecule has 5 nitrogen and oxygen atoms in total. The number of ketones is 1. The lowest BCUT2D eigenvalue weighted by molar-refractivity contribution is -0.144. The third kappa shape index (κ3) is 3.52. The van der Waals surface area contributed by atoms with Crippen molar-refractivity contribution in [2.75, 3.05) is 19.1 Å². The molecular formula is C23H27NO4S. The number of ether oxygens (including phenoxy) is 1. The molecule has 1 aromatic carbocycles. The Morgan fingerprint density at radius 3 is 2.52 bits per heavy atom. The van der Waals surface area contributed by atoms with Gasteiger partial charge in [0.05, 0.1) is 7.11 Å². The van der Waals surface area contributed by atoms with Crippen LogP contribution in [-0.2, 0) is 19.1 Å². The fourth-order valence-electron chi connectivity index (χ4n) is 5.58. The molecule has 4 rings (SSSR count).